The largest absolute Gasteiger partial charge is 0.488 e. The number of aromatic nitrogens is 2. The smallest absolute Gasteiger partial charge is 0.304 e. The summed E-state index contributed by atoms with van der Waals surface area (Å²) in [5.41, 5.74) is 3.78. The number of aliphatic carboxylic acids is 1. The molecule has 1 amide bonds. The van der Waals surface area contributed by atoms with Crippen molar-refractivity contribution in [3.05, 3.63) is 71.7 Å². The van der Waals surface area contributed by atoms with Crippen molar-refractivity contribution in [2.24, 2.45) is 5.92 Å². The van der Waals surface area contributed by atoms with E-state index < -0.39 is 18.7 Å². The summed E-state index contributed by atoms with van der Waals surface area (Å²) >= 11 is 1.32. The lowest BCUT2D eigenvalue weighted by atomic mass is 9.94. The first-order valence-electron chi connectivity index (χ1n) is 14.1. The van der Waals surface area contributed by atoms with Crippen LogP contribution in [0.2, 0.25) is 0 Å². The number of fused-ring (bicyclic) bond motifs is 1. The Labute approximate surface area is 252 Å². The molecule has 0 bridgehead atoms. The van der Waals surface area contributed by atoms with Gasteiger partial charge < -0.3 is 19.5 Å². The number of carboxylic acids is 1. The van der Waals surface area contributed by atoms with E-state index in [9.17, 15) is 19.1 Å². The molecule has 4 aromatic rings. The zero-order chi connectivity index (χ0) is 29.9. The van der Waals surface area contributed by atoms with Crippen LogP contribution >= 0.6 is 11.3 Å². The Morgan fingerprint density at radius 1 is 1.19 bits per heavy atom. The predicted molar refractivity (Wildman–Crippen MR) is 163 cm³/mol. The van der Waals surface area contributed by atoms with Gasteiger partial charge in [-0.25, -0.2) is 14.4 Å². The second-order valence-corrected chi connectivity index (χ2v) is 11.6. The number of carbonyl (C=O) groups is 2. The monoisotopic (exact) mass is 602 g/mol. The van der Waals surface area contributed by atoms with Crippen LogP contribution in [0.25, 0.3) is 22.4 Å². The number of amides is 1. The van der Waals surface area contributed by atoms with E-state index in [4.69, 9.17) is 14.5 Å². The summed E-state index contributed by atoms with van der Waals surface area (Å²) in [4.78, 5) is 38.9. The molecule has 1 N–H and O–H groups in total. The van der Waals surface area contributed by atoms with Gasteiger partial charge in [-0.1, -0.05) is 30.3 Å². The second kappa shape index (κ2) is 12.4. The molecule has 1 atom stereocenters. The van der Waals surface area contributed by atoms with Crippen molar-refractivity contribution in [1.82, 2.24) is 9.97 Å². The first kappa shape index (κ1) is 28.6. The normalized spacial score (nSPS) is 14.9. The molecule has 0 unspecified atom stereocenters. The number of anilines is 2. The van der Waals surface area contributed by atoms with Crippen molar-refractivity contribution in [2.45, 2.75) is 31.7 Å². The molecule has 1 fully saturated rings. The molecule has 0 spiro atoms. The number of likely N-dealkylation sites (N-methyl/N-ethyl adjacent to an activating group) is 1. The van der Waals surface area contributed by atoms with Gasteiger partial charge in [-0.3, -0.25) is 14.5 Å². The molecular formula is C32H31FN4O5S. The zero-order valence-electron chi connectivity index (χ0n) is 23.6. The summed E-state index contributed by atoms with van der Waals surface area (Å²) in [5, 5.41) is 12.0. The molecule has 11 heteroatoms. The number of hydrogen-bond donors (Lipinski definition) is 1. The maximum atomic E-state index is 13.9. The summed E-state index contributed by atoms with van der Waals surface area (Å²) in [6.45, 7) is 0.326. The van der Waals surface area contributed by atoms with Crippen molar-refractivity contribution in [1.29, 1.82) is 0 Å². The number of alkyl halides is 1. The number of halogens is 1. The highest BCUT2D eigenvalue weighted by molar-refractivity contribution is 7.14. The minimum Gasteiger partial charge on any atom is -0.488 e. The van der Waals surface area contributed by atoms with E-state index in [1.54, 1.807) is 23.2 Å². The fourth-order valence-electron chi connectivity index (χ4n) is 5.33. The highest BCUT2D eigenvalue weighted by Gasteiger charge is 2.39. The Morgan fingerprint density at radius 3 is 2.74 bits per heavy atom. The Balaban J connectivity index is 1.35. The molecule has 222 valence electrons. The molecule has 0 radical (unpaired) electrons. The van der Waals surface area contributed by atoms with E-state index in [-0.39, 0.29) is 18.4 Å². The van der Waals surface area contributed by atoms with E-state index in [0.29, 0.717) is 40.9 Å². The van der Waals surface area contributed by atoms with E-state index in [1.807, 2.05) is 59.8 Å². The molecule has 2 aliphatic rings. The number of carboxylic acid groups (broad SMARTS) is 1. The first-order chi connectivity index (χ1) is 20.9. The maximum absolute atomic E-state index is 13.9. The third kappa shape index (κ3) is 6.31. The number of benzene rings is 2. The number of rotatable bonds is 11. The third-order valence-corrected chi connectivity index (χ3v) is 8.46. The van der Waals surface area contributed by atoms with Gasteiger partial charge in [0.25, 0.3) is 0 Å². The minimum atomic E-state index is -1.02. The first-order valence-corrected chi connectivity index (χ1v) is 15.0. The third-order valence-electron chi connectivity index (χ3n) is 7.62. The van der Waals surface area contributed by atoms with Gasteiger partial charge in [-0.2, -0.15) is 0 Å². The number of hydrogen-bond acceptors (Lipinski definition) is 8. The summed E-state index contributed by atoms with van der Waals surface area (Å²) < 4.78 is 24.2. The van der Waals surface area contributed by atoms with Crippen LogP contribution in [0, 0.1) is 5.92 Å². The molecule has 1 aliphatic carbocycles. The molecule has 43 heavy (non-hydrogen) atoms. The van der Waals surface area contributed by atoms with Gasteiger partial charge in [0.2, 0.25) is 12.8 Å². The van der Waals surface area contributed by atoms with Crippen LogP contribution in [0.4, 0.5) is 15.3 Å². The highest BCUT2D eigenvalue weighted by atomic mass is 32.1. The Morgan fingerprint density at radius 2 is 2.00 bits per heavy atom. The van der Waals surface area contributed by atoms with Gasteiger partial charge in [0.1, 0.15) is 12.4 Å². The van der Waals surface area contributed by atoms with Gasteiger partial charge in [0.05, 0.1) is 24.6 Å². The van der Waals surface area contributed by atoms with Gasteiger partial charge >= 0.3 is 5.97 Å². The van der Waals surface area contributed by atoms with E-state index in [1.165, 1.54) is 11.3 Å². The Kier molecular flexibility index (Phi) is 8.24. The van der Waals surface area contributed by atoms with Crippen molar-refractivity contribution in [3.8, 4) is 33.9 Å². The van der Waals surface area contributed by atoms with Crippen molar-refractivity contribution >= 4 is 34.2 Å². The predicted octanol–water partition coefficient (Wildman–Crippen LogP) is 5.84. The molecule has 3 heterocycles. The van der Waals surface area contributed by atoms with Gasteiger partial charge in [0.15, 0.2) is 16.7 Å². The van der Waals surface area contributed by atoms with Crippen LogP contribution in [0.3, 0.4) is 0 Å². The molecule has 2 aromatic heterocycles. The molecule has 9 nitrogen and oxygen atoms in total. The molecule has 1 saturated carbocycles. The maximum Gasteiger partial charge on any atom is 0.304 e. The van der Waals surface area contributed by atoms with Gasteiger partial charge in [-0.05, 0) is 54.7 Å². The van der Waals surface area contributed by atoms with Gasteiger partial charge in [-0.15, -0.1) is 11.3 Å². The summed E-state index contributed by atoms with van der Waals surface area (Å²) in [7, 11) is 1.97. The lowest BCUT2D eigenvalue weighted by molar-refractivity contribution is -0.140. The number of carbonyl (C=O) groups excluding carboxylic acids is 1. The van der Waals surface area contributed by atoms with E-state index in [0.717, 1.165) is 41.9 Å². The fourth-order valence-corrected chi connectivity index (χ4v) is 6.23. The molecule has 1 aliphatic heterocycles. The van der Waals surface area contributed by atoms with Gasteiger partial charge in [0, 0.05) is 35.8 Å². The highest BCUT2D eigenvalue weighted by Crippen LogP contribution is 2.42. The number of ether oxygens (including phenoxy) is 2. The minimum absolute atomic E-state index is 0.0294. The topological polar surface area (TPSA) is 105 Å². The van der Waals surface area contributed by atoms with Crippen LogP contribution in [0.5, 0.6) is 11.5 Å². The molecule has 6 rings (SSSR count). The summed E-state index contributed by atoms with van der Waals surface area (Å²) in [6, 6.07) is 16.6. The van der Waals surface area contributed by atoms with Crippen molar-refractivity contribution < 1.29 is 28.6 Å². The van der Waals surface area contributed by atoms with Crippen molar-refractivity contribution in [2.75, 3.05) is 36.9 Å². The quantitative estimate of drug-likeness (QED) is 0.229. The van der Waals surface area contributed by atoms with Crippen LogP contribution < -0.4 is 19.3 Å². The van der Waals surface area contributed by atoms with E-state index in [2.05, 4.69) is 4.98 Å². The van der Waals surface area contributed by atoms with Crippen LogP contribution in [0.1, 0.15) is 24.8 Å². The lowest BCUT2D eigenvalue weighted by Crippen LogP contribution is -2.39. The average molecular weight is 603 g/mol. The number of pyridine rings is 1. The van der Waals surface area contributed by atoms with Crippen LogP contribution in [0.15, 0.2) is 66.2 Å². The molecular weight excluding hydrogens is 571 g/mol. The Hall–Kier alpha value is -4.51. The fraction of sp³-hybridized carbons (Fsp3) is 0.312. The molecule has 2 aromatic carbocycles. The zero-order valence-corrected chi connectivity index (χ0v) is 24.4. The second-order valence-electron chi connectivity index (χ2n) is 10.7. The standard InChI is InChI=1S/C32H31FN4O5S/c1-36-11-12-41-28-14-22(17-34-30(28)36)25-10-9-24(42-19-33)16-26(25)27-18-43-32(35-27)37(23-7-8-23)31(40)21(15-29(38)39)13-20-5-3-2-4-6-20/h2-6,9-10,14,16-18,21,23H,7-8,11-13,15,19H2,1H3,(H,38,39)/t21-/m1/s1. The lowest BCUT2D eigenvalue weighted by Gasteiger charge is -2.26. The number of nitrogens with zero attached hydrogens (tertiary/aromatic N) is 4. The SMILES string of the molecule is CN1CCOc2cc(-c3ccc(OCF)cc3-c3csc(N(C(=O)[C@@H](CC(=O)O)Cc4ccccc4)C4CC4)n3)cnc21. The van der Waals surface area contributed by atoms with E-state index >= 15 is 0 Å². The average Bonchev–Trinajstić information content (AvgIpc) is 3.72. The van der Waals surface area contributed by atoms with Crippen LogP contribution in [-0.2, 0) is 16.0 Å². The Bertz CT molecular complexity index is 1630. The molecule has 0 saturated heterocycles. The van der Waals surface area contributed by atoms with Crippen molar-refractivity contribution in [3.63, 3.8) is 0 Å². The summed E-state index contributed by atoms with van der Waals surface area (Å²) in [5.74, 6) is -0.220. The van der Waals surface area contributed by atoms with Crippen LogP contribution in [-0.4, -0.2) is 60.1 Å². The number of thiazole rings is 1. The summed E-state index contributed by atoms with van der Waals surface area (Å²) in [6.07, 6.45) is 3.47.